The Balaban J connectivity index is 1.01. The second-order valence-corrected chi connectivity index (χ2v) is 39.2. The SMILES string of the molecule is [2H]c1c([2H])c([2H])c(-c2c([2H])c([2H])c3c(c2[2H])c2c([2H])c([2H])c([2H])c([2H])c2n3-c2ccc3c(c2)N2c4cc(C(C)(C)C)cc5c4B3c3ccc(-c4cc(C(C)(C)C)cc(C(C)(C)C)c4)cc3N5c3c(-c4ccccc4)cc(C(C)(C)C)cc3-c3cccc(c3)-c3ccc4[se]c5ccc(cc5c4c3)-c3cccc(c3)-c3cc(C(C)(C)C)cc(-c4ccccc4)c32)c([2H])c1[2H]. The van der Waals surface area contributed by atoms with E-state index in [2.05, 4.69) is 344 Å². The number of hydrogen-bond donors (Lipinski definition) is 0. The third-order valence-corrected chi connectivity index (χ3v) is 26.6. The maximum atomic E-state index is 10.5. The van der Waals surface area contributed by atoms with Crippen molar-refractivity contribution in [1.29, 1.82) is 0 Å². The Bertz CT molecular complexity index is 7580. The summed E-state index contributed by atoms with van der Waals surface area (Å²) < 4.78 is 119. The normalized spacial score (nSPS) is 14.8. The van der Waals surface area contributed by atoms with Gasteiger partial charge in [-0.25, -0.2) is 0 Å². The molecule has 0 saturated carbocycles. The zero-order valence-electron chi connectivity index (χ0n) is 79.8. The van der Waals surface area contributed by atoms with E-state index in [9.17, 15) is 12.3 Å². The smallest absolute Gasteiger partial charge is 0.0617 e. The summed E-state index contributed by atoms with van der Waals surface area (Å²) in [6.07, 6.45) is 0. The number of aromatic nitrogens is 1. The first-order valence-corrected chi connectivity index (χ1v) is 41.9. The van der Waals surface area contributed by atoms with E-state index in [1.165, 1.54) is 36.0 Å². The first-order valence-electron chi connectivity index (χ1n) is 46.1. The zero-order chi connectivity index (χ0) is 89.5. The van der Waals surface area contributed by atoms with Crippen LogP contribution in [0.2, 0.25) is 0 Å². The summed E-state index contributed by atoms with van der Waals surface area (Å²) in [5, 5.41) is 2.19. The topological polar surface area (TPSA) is 11.4 Å². The van der Waals surface area contributed by atoms with Gasteiger partial charge < -0.3 is 4.57 Å². The van der Waals surface area contributed by atoms with Gasteiger partial charge in [-0.2, -0.15) is 0 Å². The Hall–Kier alpha value is -11.7. The molecular formula is C110H96BN3Se. The van der Waals surface area contributed by atoms with E-state index in [-0.39, 0.29) is 52.6 Å². The number of anilines is 6. The van der Waals surface area contributed by atoms with Crippen LogP contribution < -0.4 is 26.2 Å². The van der Waals surface area contributed by atoms with E-state index in [0.717, 1.165) is 134 Å². The largest absolute Gasteiger partial charge is 0.0629 e. The summed E-state index contributed by atoms with van der Waals surface area (Å²) in [7, 11) is 0. The van der Waals surface area contributed by atoms with Crippen LogP contribution in [0.3, 0.4) is 0 Å². The van der Waals surface area contributed by atoms with Crippen LogP contribution in [-0.4, -0.2) is 25.8 Å². The maximum Gasteiger partial charge on any atom is 0.0629 e. The molecule has 3 aliphatic rings. The van der Waals surface area contributed by atoms with Crippen LogP contribution in [0.1, 0.15) is 148 Å². The molecule has 0 saturated heterocycles. The van der Waals surface area contributed by atoms with Gasteiger partial charge >= 0.3 is 382 Å². The Morgan fingerprint density at radius 3 is 1.22 bits per heavy atom. The Kier molecular flexibility index (Phi) is 13.8. The van der Waals surface area contributed by atoms with Crippen LogP contribution in [-0.2, 0) is 27.1 Å². The van der Waals surface area contributed by atoms with E-state index in [1.807, 2.05) is 6.07 Å². The van der Waals surface area contributed by atoms with E-state index < -0.39 is 101 Å². The van der Waals surface area contributed by atoms with Gasteiger partial charge in [-0.1, -0.05) is 189 Å². The molecule has 0 unspecified atom stereocenters. The molecule has 15 aromatic carbocycles. The number of nitrogens with zero attached hydrogens (tertiary/aromatic N) is 3. The van der Waals surface area contributed by atoms with E-state index >= 15 is 0 Å². The van der Waals surface area contributed by atoms with Crippen LogP contribution in [0, 0.1) is 0 Å². The molecule has 2 aromatic heterocycles. The predicted molar refractivity (Wildman–Crippen MR) is 497 cm³/mol. The van der Waals surface area contributed by atoms with Gasteiger partial charge in [0.15, 0.2) is 0 Å². The molecule has 17 aromatic rings. The van der Waals surface area contributed by atoms with E-state index in [0.29, 0.717) is 11.4 Å². The molecule has 115 heavy (non-hydrogen) atoms. The minimum absolute atomic E-state index is 0.0524. The van der Waals surface area contributed by atoms with Gasteiger partial charge in [0.2, 0.25) is 0 Å². The molecule has 5 heteroatoms. The van der Waals surface area contributed by atoms with Gasteiger partial charge in [0.1, 0.15) is 0 Å². The Labute approximate surface area is 702 Å². The maximum absolute atomic E-state index is 10.5. The van der Waals surface area contributed by atoms with Crippen LogP contribution in [0.5, 0.6) is 0 Å². The summed E-state index contributed by atoms with van der Waals surface area (Å²) in [5.74, 6) is 0. The average Bonchev–Trinajstić information content (AvgIpc) is 1.15. The van der Waals surface area contributed by atoms with E-state index in [1.54, 1.807) is 4.57 Å². The van der Waals surface area contributed by atoms with Crippen molar-refractivity contribution in [1.82, 2.24) is 4.57 Å². The molecule has 0 amide bonds. The zero-order valence-corrected chi connectivity index (χ0v) is 69.6. The summed E-state index contributed by atoms with van der Waals surface area (Å²) in [6, 6.07) is 81.6. The van der Waals surface area contributed by atoms with Crippen LogP contribution in [0.25, 0.3) is 136 Å². The summed E-state index contributed by atoms with van der Waals surface area (Å²) in [4.78, 5) is 5.10. The average molecular weight is 1560 g/mol. The van der Waals surface area contributed by atoms with Crippen molar-refractivity contribution in [2.75, 3.05) is 9.80 Å². The first-order chi connectivity index (χ1) is 60.1. The second kappa shape index (κ2) is 26.4. The molecule has 3 aliphatic heterocycles. The van der Waals surface area contributed by atoms with Crippen molar-refractivity contribution in [2.24, 2.45) is 0 Å². The van der Waals surface area contributed by atoms with Crippen molar-refractivity contribution in [3.63, 3.8) is 0 Å². The summed E-state index contributed by atoms with van der Waals surface area (Å²) in [6.45, 7) is 33.8. The molecule has 13 bridgehead atoms. The van der Waals surface area contributed by atoms with Crippen molar-refractivity contribution in [3.8, 4) is 94.7 Å². The minimum Gasteiger partial charge on any atom is -0.0617 e. The minimum atomic E-state index is -0.697. The van der Waals surface area contributed by atoms with Crippen molar-refractivity contribution >= 4 is 113 Å². The number of rotatable bonds is 5. The third kappa shape index (κ3) is 12.2. The number of hydrogen-bond acceptors (Lipinski definition) is 2. The van der Waals surface area contributed by atoms with Gasteiger partial charge in [0, 0.05) is 16.5 Å². The van der Waals surface area contributed by atoms with Gasteiger partial charge in [0.05, 0.1) is 27.5 Å². The van der Waals surface area contributed by atoms with Gasteiger partial charge in [-0.3, -0.25) is 0 Å². The summed E-state index contributed by atoms with van der Waals surface area (Å²) in [5.41, 5.74) is 25.8. The predicted octanol–water partition coefficient (Wildman–Crippen LogP) is 28.4. The molecule has 5 heterocycles. The van der Waals surface area contributed by atoms with Crippen molar-refractivity contribution in [2.45, 2.75) is 131 Å². The van der Waals surface area contributed by atoms with E-state index in [4.69, 9.17) is 4.11 Å². The molecular weight excluding hydrogens is 1450 g/mol. The Morgan fingerprint density at radius 1 is 0.278 bits per heavy atom. The standard InChI is InChI=1S/C110H96BN3Se/c1-106(2,3)79-53-78(54-80(59-79)107(4,5)6)75-41-46-93-97(58-75)113-99-64-83(110(13,14)15)65-100-103(99)111(93)94-47-45-84(112-95-40-26-25-39-85(95)90-55-72(42-48-96(90)112)67-29-19-16-20-30-67)66-98(94)114(100)105-87(69-33-23-18-24-34-69)61-82(109(10,11)12)63-89(105)77-38-28-36-71(52-77)74-44-50-102-92(57-74)91-56-73(43-49-101(91)115-102)70-35-27-37-76(51-70)88-62-81(108(7,8)9)60-86(104(88)113)68-31-21-17-22-32-68/h16-66H,1-15H3/i16D,19D,20D,25D,26D,29D,30D,39D,40D,42D,48D,55D. The van der Waals surface area contributed by atoms with Gasteiger partial charge in [0.25, 0.3) is 6.71 Å². The molecule has 0 N–H and O–H groups in total. The number of para-hydroxylation sites is 1. The molecule has 560 valence electrons. The number of benzene rings is 15. The quantitative estimate of drug-likeness (QED) is 0.159. The van der Waals surface area contributed by atoms with Crippen molar-refractivity contribution < 1.29 is 16.4 Å². The molecule has 20 rings (SSSR count). The van der Waals surface area contributed by atoms with Crippen molar-refractivity contribution in [3.05, 3.63) is 337 Å². The van der Waals surface area contributed by atoms with Crippen LogP contribution in [0.4, 0.5) is 34.1 Å². The fourth-order valence-corrected chi connectivity index (χ4v) is 20.0. The second-order valence-electron chi connectivity index (χ2n) is 36.9. The first kappa shape index (κ1) is 59.9. The fraction of sp³-hybridized carbons (Fsp3) is 0.182. The third-order valence-electron chi connectivity index (χ3n) is 24.1. The fourth-order valence-electron chi connectivity index (χ4n) is 17.7. The molecule has 0 aliphatic carbocycles. The van der Waals surface area contributed by atoms with Gasteiger partial charge in [-0.15, -0.1) is 0 Å². The molecule has 0 radical (unpaired) electrons. The monoisotopic (exact) mass is 1560 g/mol. The van der Waals surface area contributed by atoms with Crippen LogP contribution >= 0.6 is 0 Å². The van der Waals surface area contributed by atoms with Gasteiger partial charge in [-0.05, 0) is 79.4 Å². The molecule has 0 fully saturated rings. The molecule has 0 atom stereocenters. The Morgan fingerprint density at radius 2 is 0.696 bits per heavy atom. The van der Waals surface area contributed by atoms with Crippen LogP contribution in [0.15, 0.2) is 309 Å². The molecule has 0 spiro atoms. The molecule has 3 nitrogen and oxygen atoms in total. The summed E-state index contributed by atoms with van der Waals surface area (Å²) >= 11 is 0.0524. The number of fused-ring (bicyclic) bond motifs is 23.